The average molecular weight is 450 g/mol. The standard InChI is InChI=1S/C29H35NO.ClH/c1-23-18-24(2)20-25(19-23)21-31-22-28(30-16-10-5-11-17-30)29(26-12-6-3-7-13-26)27-14-8-4-9-15-27;/h3-4,6-9,12-15,18-20,28-29H,5,10-11,16-17,21-22H2,1-2H3;1H. The first-order valence-electron chi connectivity index (χ1n) is 11.7. The van der Waals surface area contributed by atoms with Crippen molar-refractivity contribution in [2.24, 2.45) is 0 Å². The van der Waals surface area contributed by atoms with Gasteiger partial charge in [-0.05, 0) is 56.5 Å². The van der Waals surface area contributed by atoms with Crippen LogP contribution >= 0.6 is 12.4 Å². The maximum atomic E-state index is 6.43. The largest absolute Gasteiger partial charge is 0.375 e. The molecule has 1 aliphatic rings. The zero-order valence-corrected chi connectivity index (χ0v) is 20.2. The molecule has 0 spiro atoms. The molecule has 32 heavy (non-hydrogen) atoms. The van der Waals surface area contributed by atoms with Crippen LogP contribution in [0.2, 0.25) is 0 Å². The van der Waals surface area contributed by atoms with Crippen molar-refractivity contribution in [3.05, 3.63) is 107 Å². The molecule has 0 aromatic heterocycles. The Balaban J connectivity index is 0.00000289. The van der Waals surface area contributed by atoms with Crippen LogP contribution in [-0.4, -0.2) is 30.6 Å². The second-order valence-corrected chi connectivity index (χ2v) is 8.97. The van der Waals surface area contributed by atoms with Crippen molar-refractivity contribution in [3.8, 4) is 0 Å². The minimum absolute atomic E-state index is 0. The third-order valence-electron chi connectivity index (χ3n) is 6.40. The Bertz CT molecular complexity index is 878. The fourth-order valence-corrected chi connectivity index (χ4v) is 5.07. The van der Waals surface area contributed by atoms with Crippen molar-refractivity contribution < 1.29 is 4.74 Å². The summed E-state index contributed by atoms with van der Waals surface area (Å²) < 4.78 is 6.43. The fourth-order valence-electron chi connectivity index (χ4n) is 5.07. The number of benzene rings is 3. The van der Waals surface area contributed by atoms with E-state index >= 15 is 0 Å². The first kappa shape index (κ1) is 24.5. The lowest BCUT2D eigenvalue weighted by atomic mass is 9.84. The number of halogens is 1. The van der Waals surface area contributed by atoms with Crippen LogP contribution in [0.3, 0.4) is 0 Å². The normalized spacial score (nSPS) is 15.3. The Morgan fingerprint density at radius 3 is 1.81 bits per heavy atom. The quantitative estimate of drug-likeness (QED) is 0.369. The molecule has 1 unspecified atom stereocenters. The van der Waals surface area contributed by atoms with E-state index in [0.717, 1.165) is 19.7 Å². The summed E-state index contributed by atoms with van der Waals surface area (Å²) in [5.41, 5.74) is 6.62. The predicted molar refractivity (Wildman–Crippen MR) is 137 cm³/mol. The number of ether oxygens (including phenoxy) is 1. The molecule has 1 heterocycles. The summed E-state index contributed by atoms with van der Waals surface area (Å²) in [4.78, 5) is 2.68. The summed E-state index contributed by atoms with van der Waals surface area (Å²) >= 11 is 0. The van der Waals surface area contributed by atoms with Crippen LogP contribution in [0.15, 0.2) is 78.9 Å². The van der Waals surface area contributed by atoms with E-state index in [1.165, 1.54) is 47.1 Å². The van der Waals surface area contributed by atoms with Crippen LogP contribution in [0.1, 0.15) is 53.0 Å². The highest BCUT2D eigenvalue weighted by Gasteiger charge is 2.31. The third kappa shape index (κ3) is 6.45. The maximum Gasteiger partial charge on any atom is 0.0717 e. The molecule has 4 rings (SSSR count). The number of hydrogen-bond acceptors (Lipinski definition) is 2. The number of likely N-dealkylation sites (tertiary alicyclic amines) is 1. The molecule has 1 fully saturated rings. The van der Waals surface area contributed by atoms with Gasteiger partial charge in [0.05, 0.1) is 13.2 Å². The molecule has 2 nitrogen and oxygen atoms in total. The molecular weight excluding hydrogens is 414 g/mol. The highest BCUT2D eigenvalue weighted by Crippen LogP contribution is 2.33. The van der Waals surface area contributed by atoms with Gasteiger partial charge in [0.2, 0.25) is 0 Å². The summed E-state index contributed by atoms with van der Waals surface area (Å²) in [5.74, 6) is 0.305. The molecule has 1 aliphatic heterocycles. The first-order valence-corrected chi connectivity index (χ1v) is 11.7. The van der Waals surface area contributed by atoms with Gasteiger partial charge >= 0.3 is 0 Å². The third-order valence-corrected chi connectivity index (χ3v) is 6.40. The van der Waals surface area contributed by atoms with Crippen LogP contribution in [0, 0.1) is 13.8 Å². The van der Waals surface area contributed by atoms with Gasteiger partial charge in [0.25, 0.3) is 0 Å². The molecule has 3 heteroatoms. The molecule has 3 aromatic carbocycles. The molecule has 0 saturated carbocycles. The molecule has 0 radical (unpaired) electrons. The van der Waals surface area contributed by atoms with Crippen molar-refractivity contribution in [1.29, 1.82) is 0 Å². The molecular formula is C29H36ClNO. The molecule has 1 saturated heterocycles. The highest BCUT2D eigenvalue weighted by molar-refractivity contribution is 5.85. The molecule has 0 N–H and O–H groups in total. The maximum absolute atomic E-state index is 6.43. The Kier molecular flexibility index (Phi) is 9.35. The van der Waals surface area contributed by atoms with Crippen LogP contribution in [-0.2, 0) is 11.3 Å². The minimum atomic E-state index is 0. The lowest BCUT2D eigenvalue weighted by Gasteiger charge is -2.39. The van der Waals surface area contributed by atoms with Gasteiger partial charge in [-0.15, -0.1) is 12.4 Å². The number of piperidine rings is 1. The highest BCUT2D eigenvalue weighted by atomic mass is 35.5. The fraction of sp³-hybridized carbons (Fsp3) is 0.379. The van der Waals surface area contributed by atoms with E-state index in [9.17, 15) is 0 Å². The van der Waals surface area contributed by atoms with E-state index in [1.807, 2.05) is 0 Å². The summed E-state index contributed by atoms with van der Waals surface area (Å²) in [7, 11) is 0. The Hall–Kier alpha value is -2.13. The van der Waals surface area contributed by atoms with E-state index in [0.29, 0.717) is 18.6 Å². The topological polar surface area (TPSA) is 12.5 Å². The second-order valence-electron chi connectivity index (χ2n) is 8.97. The predicted octanol–water partition coefficient (Wildman–Crippen LogP) is 6.93. The van der Waals surface area contributed by atoms with Gasteiger partial charge in [-0.25, -0.2) is 0 Å². The molecule has 0 amide bonds. The Morgan fingerprint density at radius 2 is 1.28 bits per heavy atom. The van der Waals surface area contributed by atoms with Gasteiger partial charge in [0, 0.05) is 12.0 Å². The summed E-state index contributed by atoms with van der Waals surface area (Å²) in [6, 6.07) is 29.0. The zero-order chi connectivity index (χ0) is 21.5. The lowest BCUT2D eigenvalue weighted by molar-refractivity contribution is 0.0351. The summed E-state index contributed by atoms with van der Waals surface area (Å²) in [6.45, 7) is 8.05. The SMILES string of the molecule is Cc1cc(C)cc(COCC(C(c2ccccc2)c2ccccc2)N2CCCCC2)c1.Cl. The van der Waals surface area contributed by atoms with E-state index < -0.39 is 0 Å². The Labute approximate surface area is 200 Å². The molecule has 0 aliphatic carbocycles. The summed E-state index contributed by atoms with van der Waals surface area (Å²) in [5, 5.41) is 0. The van der Waals surface area contributed by atoms with Crippen LogP contribution in [0.5, 0.6) is 0 Å². The molecule has 1 atom stereocenters. The van der Waals surface area contributed by atoms with Crippen LogP contribution in [0.25, 0.3) is 0 Å². The zero-order valence-electron chi connectivity index (χ0n) is 19.4. The first-order chi connectivity index (χ1) is 15.2. The van der Waals surface area contributed by atoms with Gasteiger partial charge in [-0.1, -0.05) is 96.4 Å². The number of aryl methyl sites for hydroxylation is 2. The lowest BCUT2D eigenvalue weighted by Crippen LogP contribution is -2.45. The van der Waals surface area contributed by atoms with E-state index in [-0.39, 0.29) is 12.4 Å². The van der Waals surface area contributed by atoms with Crippen LogP contribution in [0.4, 0.5) is 0 Å². The molecule has 170 valence electrons. The van der Waals surface area contributed by atoms with Gasteiger partial charge < -0.3 is 4.74 Å². The summed E-state index contributed by atoms with van der Waals surface area (Å²) in [6.07, 6.45) is 3.90. The van der Waals surface area contributed by atoms with Gasteiger partial charge in [-0.2, -0.15) is 0 Å². The van der Waals surface area contributed by atoms with Gasteiger partial charge in [0.15, 0.2) is 0 Å². The van der Waals surface area contributed by atoms with Gasteiger partial charge in [-0.3, -0.25) is 4.90 Å². The second kappa shape index (κ2) is 12.2. The van der Waals surface area contributed by atoms with Crippen molar-refractivity contribution in [3.63, 3.8) is 0 Å². The number of hydrogen-bond donors (Lipinski definition) is 0. The van der Waals surface area contributed by atoms with Crippen LogP contribution < -0.4 is 0 Å². The van der Waals surface area contributed by atoms with Crippen molar-refractivity contribution >= 4 is 12.4 Å². The molecule has 3 aromatic rings. The Morgan fingerprint density at radius 1 is 0.750 bits per heavy atom. The van der Waals surface area contributed by atoms with Crippen molar-refractivity contribution in [2.75, 3.05) is 19.7 Å². The monoisotopic (exact) mass is 449 g/mol. The minimum Gasteiger partial charge on any atom is -0.375 e. The van der Waals surface area contributed by atoms with Crippen molar-refractivity contribution in [1.82, 2.24) is 4.90 Å². The average Bonchev–Trinajstić information content (AvgIpc) is 2.80. The van der Waals surface area contributed by atoms with E-state index in [1.54, 1.807) is 0 Å². The van der Waals surface area contributed by atoms with Gasteiger partial charge in [0.1, 0.15) is 0 Å². The van der Waals surface area contributed by atoms with E-state index in [4.69, 9.17) is 4.74 Å². The smallest absolute Gasteiger partial charge is 0.0717 e. The van der Waals surface area contributed by atoms with E-state index in [2.05, 4.69) is 97.6 Å². The van der Waals surface area contributed by atoms with Crippen molar-refractivity contribution in [2.45, 2.75) is 51.7 Å². The number of rotatable bonds is 8. The number of nitrogens with zero attached hydrogens (tertiary/aromatic N) is 1. The molecule has 0 bridgehead atoms.